The maximum absolute atomic E-state index is 5.03. The molecule has 0 bridgehead atoms. The van der Waals surface area contributed by atoms with Gasteiger partial charge in [-0.2, -0.15) is 0 Å². The van der Waals surface area contributed by atoms with Crippen LogP contribution in [0.2, 0.25) is 0 Å². The molecule has 0 unspecified atom stereocenters. The van der Waals surface area contributed by atoms with Crippen LogP contribution in [0.4, 0.5) is 0 Å². The van der Waals surface area contributed by atoms with Gasteiger partial charge in [0.25, 0.3) is 0 Å². The van der Waals surface area contributed by atoms with Crippen LogP contribution in [-0.4, -0.2) is 29.9 Å². The second kappa shape index (κ2) is 12.6. The van der Waals surface area contributed by atoms with Crippen molar-refractivity contribution in [3.8, 4) is 67.0 Å². The van der Waals surface area contributed by atoms with Crippen molar-refractivity contribution >= 4 is 33.8 Å². The van der Waals surface area contributed by atoms with Crippen LogP contribution >= 0.6 is 0 Å². The normalized spacial score (nSPS) is 11.3. The van der Waals surface area contributed by atoms with Crippen LogP contribution in [0.25, 0.3) is 86.3 Å². The monoisotopic (exact) mass is 691 g/mol. The third-order valence-corrected chi connectivity index (χ3v) is 11.6. The summed E-state index contributed by atoms with van der Waals surface area (Å²) >= 11 is 0.170. The molecule has 0 saturated heterocycles. The fraction of sp³-hybridized carbons (Fsp3) is 0. The van der Waals surface area contributed by atoms with Gasteiger partial charge < -0.3 is 0 Å². The molecule has 0 aliphatic heterocycles. The third kappa shape index (κ3) is 5.19. The summed E-state index contributed by atoms with van der Waals surface area (Å²) in [6, 6.07) is 62.4. The second-order valence-electron chi connectivity index (χ2n) is 12.0. The van der Waals surface area contributed by atoms with Gasteiger partial charge in [-0.1, -0.05) is 0 Å². The van der Waals surface area contributed by atoms with Gasteiger partial charge in [0.2, 0.25) is 0 Å². The molecule has 0 amide bonds. The van der Waals surface area contributed by atoms with E-state index in [4.69, 9.17) is 10.2 Å². The Morgan fingerprint density at radius 2 is 0.837 bits per heavy atom. The summed E-state index contributed by atoms with van der Waals surface area (Å²) in [5, 5.41) is 16.9. The first-order valence-corrected chi connectivity index (χ1v) is 18.1. The summed E-state index contributed by atoms with van der Waals surface area (Å²) in [4.78, 5) is 0. The summed E-state index contributed by atoms with van der Waals surface area (Å²) in [6.45, 7) is 0. The van der Waals surface area contributed by atoms with Crippen LogP contribution in [-0.2, 0) is 0 Å². The topological polar surface area (TPSA) is 38.7 Å². The number of hydrogen-bond donors (Lipinski definition) is 0. The Bertz CT molecular complexity index is 2590. The van der Waals surface area contributed by atoms with E-state index >= 15 is 0 Å². The predicted molar refractivity (Wildman–Crippen MR) is 204 cm³/mol. The molecule has 230 valence electrons. The van der Waals surface area contributed by atoms with Crippen molar-refractivity contribution in [2.45, 2.75) is 0 Å². The van der Waals surface area contributed by atoms with Crippen molar-refractivity contribution in [1.82, 2.24) is 15.4 Å². The second-order valence-corrected chi connectivity index (χ2v) is 14.3. The SMILES string of the molecule is c1ccc(-c2ccccc2-c2ccc3[se]c4ccccc4c3c2-c2nnnc(-c3ccccc3)c2-c2ccccc2-c2ccccc2)cc1. The zero-order valence-corrected chi connectivity index (χ0v) is 28.2. The molecule has 0 fully saturated rings. The first-order chi connectivity index (χ1) is 24.3. The average molecular weight is 691 g/mol. The summed E-state index contributed by atoms with van der Waals surface area (Å²) in [5.74, 6) is 0. The number of nitrogens with zero attached hydrogens (tertiary/aromatic N) is 3. The molecule has 0 aliphatic rings. The van der Waals surface area contributed by atoms with Crippen LogP contribution in [0.3, 0.4) is 0 Å². The van der Waals surface area contributed by atoms with Gasteiger partial charge in [-0.05, 0) is 0 Å². The number of aromatic nitrogens is 3. The molecule has 0 N–H and O–H groups in total. The Morgan fingerprint density at radius 1 is 0.327 bits per heavy atom. The Balaban J connectivity index is 1.45. The van der Waals surface area contributed by atoms with Gasteiger partial charge in [0.15, 0.2) is 0 Å². The molecule has 9 aromatic rings. The minimum absolute atomic E-state index is 0.170. The van der Waals surface area contributed by atoms with Gasteiger partial charge in [0.05, 0.1) is 0 Å². The van der Waals surface area contributed by atoms with Crippen molar-refractivity contribution < 1.29 is 0 Å². The molecule has 2 heterocycles. The van der Waals surface area contributed by atoms with Crippen LogP contribution in [0, 0.1) is 0 Å². The molecular formula is C45H29N3Se. The quantitative estimate of drug-likeness (QED) is 0.163. The van der Waals surface area contributed by atoms with E-state index in [1.165, 1.54) is 30.4 Å². The number of rotatable bonds is 6. The van der Waals surface area contributed by atoms with Gasteiger partial charge in [0, 0.05) is 0 Å². The molecule has 0 spiro atoms. The molecule has 49 heavy (non-hydrogen) atoms. The van der Waals surface area contributed by atoms with Crippen molar-refractivity contribution in [2.24, 2.45) is 0 Å². The molecule has 2 aromatic heterocycles. The summed E-state index contributed by atoms with van der Waals surface area (Å²) < 4.78 is 2.74. The predicted octanol–water partition coefficient (Wildman–Crippen LogP) is 11.2. The fourth-order valence-electron chi connectivity index (χ4n) is 7.00. The van der Waals surface area contributed by atoms with Gasteiger partial charge in [-0.3, -0.25) is 0 Å². The number of benzene rings is 7. The summed E-state index contributed by atoms with van der Waals surface area (Å²) in [7, 11) is 0. The van der Waals surface area contributed by atoms with Crippen LogP contribution in [0.15, 0.2) is 176 Å². The summed E-state index contributed by atoms with van der Waals surface area (Å²) in [6.07, 6.45) is 0. The molecule has 7 aromatic carbocycles. The molecule has 0 radical (unpaired) electrons. The van der Waals surface area contributed by atoms with E-state index in [0.717, 1.165) is 55.9 Å². The number of fused-ring (bicyclic) bond motifs is 3. The fourth-order valence-corrected chi connectivity index (χ4v) is 9.33. The molecule has 0 saturated carbocycles. The molecule has 0 aliphatic carbocycles. The maximum atomic E-state index is 5.03. The van der Waals surface area contributed by atoms with E-state index < -0.39 is 0 Å². The Morgan fingerprint density at radius 3 is 1.51 bits per heavy atom. The van der Waals surface area contributed by atoms with E-state index in [0.29, 0.717) is 0 Å². The molecular weight excluding hydrogens is 661 g/mol. The van der Waals surface area contributed by atoms with Crippen molar-refractivity contribution in [3.63, 3.8) is 0 Å². The Labute approximate surface area is 290 Å². The Kier molecular flexibility index (Phi) is 7.51. The van der Waals surface area contributed by atoms with Gasteiger partial charge in [-0.25, -0.2) is 0 Å². The molecule has 3 nitrogen and oxygen atoms in total. The van der Waals surface area contributed by atoms with Crippen LogP contribution in [0.1, 0.15) is 0 Å². The van der Waals surface area contributed by atoms with Crippen molar-refractivity contribution in [3.05, 3.63) is 176 Å². The number of hydrogen-bond acceptors (Lipinski definition) is 3. The van der Waals surface area contributed by atoms with Crippen molar-refractivity contribution in [2.75, 3.05) is 0 Å². The average Bonchev–Trinajstić information content (AvgIpc) is 3.57. The van der Waals surface area contributed by atoms with Crippen molar-refractivity contribution in [1.29, 1.82) is 0 Å². The standard InChI is InChI=1S/C45H29N3Se/c1-4-16-30(17-5-1)33-22-10-12-24-35(33)37-28-29-40-41(38-26-14-15-27-39(38)49-40)42(37)45-43(44(46-48-47-45)32-20-8-3-9-21-32)36-25-13-11-23-34(36)31-18-6-2-7-19-31/h1-29H. The van der Waals surface area contributed by atoms with Crippen LogP contribution < -0.4 is 0 Å². The zero-order valence-electron chi connectivity index (χ0n) is 26.5. The minimum atomic E-state index is 0.170. The van der Waals surface area contributed by atoms with Gasteiger partial charge in [0.1, 0.15) is 0 Å². The van der Waals surface area contributed by atoms with Gasteiger partial charge in [-0.15, -0.1) is 0 Å². The van der Waals surface area contributed by atoms with E-state index in [1.807, 2.05) is 6.07 Å². The van der Waals surface area contributed by atoms with E-state index in [-0.39, 0.29) is 14.5 Å². The van der Waals surface area contributed by atoms with E-state index in [2.05, 4.69) is 175 Å². The molecule has 9 rings (SSSR count). The van der Waals surface area contributed by atoms with E-state index in [9.17, 15) is 0 Å². The zero-order chi connectivity index (χ0) is 32.6. The van der Waals surface area contributed by atoms with Crippen LogP contribution in [0.5, 0.6) is 0 Å². The Hall–Kier alpha value is -5.93. The first kappa shape index (κ1) is 29.2. The molecule has 0 atom stereocenters. The summed E-state index contributed by atoms with van der Waals surface area (Å²) in [5.41, 5.74) is 12.7. The third-order valence-electron chi connectivity index (χ3n) is 9.17. The first-order valence-electron chi connectivity index (χ1n) is 16.4. The van der Waals surface area contributed by atoms with Gasteiger partial charge >= 0.3 is 292 Å². The molecule has 4 heteroatoms. The van der Waals surface area contributed by atoms with E-state index in [1.54, 1.807) is 0 Å².